The molecule has 1 saturated heterocycles. The summed E-state index contributed by atoms with van der Waals surface area (Å²) in [6.07, 6.45) is 5.23. The second-order valence-electron chi connectivity index (χ2n) is 19.8. The lowest BCUT2D eigenvalue weighted by atomic mass is 9.76. The maximum Gasteiger partial charge on any atom is 0.250 e. The summed E-state index contributed by atoms with van der Waals surface area (Å²) in [7, 11) is -1.23. The molecule has 0 aromatic heterocycles. The van der Waals surface area contributed by atoms with Crippen molar-refractivity contribution in [1.82, 2.24) is 0 Å². The second-order valence-corrected chi connectivity index (χ2v) is 29.2. The van der Waals surface area contributed by atoms with Crippen molar-refractivity contribution in [2.75, 3.05) is 14.2 Å². The van der Waals surface area contributed by atoms with Crippen LogP contribution in [-0.4, -0.2) is 48.8 Å². The van der Waals surface area contributed by atoms with Crippen LogP contribution in [-0.2, 0) is 20.4 Å². The van der Waals surface area contributed by atoms with E-state index in [4.69, 9.17) is 23.1 Å². The van der Waals surface area contributed by atoms with Crippen molar-refractivity contribution in [3.63, 3.8) is 0 Å². The highest BCUT2D eigenvalue weighted by Gasteiger charge is 2.50. The van der Waals surface area contributed by atoms with Gasteiger partial charge < -0.3 is 23.1 Å². The summed E-state index contributed by atoms with van der Waals surface area (Å²) < 4.78 is 34.7. The monoisotopic (exact) mass is 773 g/mol. The predicted molar refractivity (Wildman–Crippen MR) is 230 cm³/mol. The van der Waals surface area contributed by atoms with Gasteiger partial charge in [-0.1, -0.05) is 87.8 Å². The van der Waals surface area contributed by atoms with Gasteiger partial charge in [0.05, 0.1) is 32.5 Å². The molecule has 0 bridgehead atoms. The van der Waals surface area contributed by atoms with E-state index in [2.05, 4.69) is 122 Å². The van der Waals surface area contributed by atoms with Crippen molar-refractivity contribution in [3.8, 4) is 17.2 Å². The topological polar surface area (TPSA) is 63.2 Å². The van der Waals surface area contributed by atoms with Gasteiger partial charge in [0.25, 0.3) is 8.32 Å². The second kappa shape index (κ2) is 18.4. The molecule has 0 amide bonds. The largest absolute Gasteiger partial charge is 0.541 e. The summed E-state index contributed by atoms with van der Waals surface area (Å²) in [5.41, 5.74) is 3.71. The van der Waals surface area contributed by atoms with Crippen LogP contribution < -0.4 is 13.9 Å². The van der Waals surface area contributed by atoms with E-state index >= 15 is 0 Å². The van der Waals surface area contributed by atoms with Crippen LogP contribution in [0.4, 0.5) is 0 Å². The van der Waals surface area contributed by atoms with Crippen molar-refractivity contribution < 1.29 is 27.9 Å². The van der Waals surface area contributed by atoms with Crippen LogP contribution in [0.25, 0.3) is 0 Å². The van der Waals surface area contributed by atoms with Crippen molar-refractivity contribution in [2.24, 2.45) is 29.6 Å². The Hall–Kier alpha value is -1.88. The van der Waals surface area contributed by atoms with Gasteiger partial charge >= 0.3 is 0 Å². The van der Waals surface area contributed by atoms with Gasteiger partial charge in [0.1, 0.15) is 11.5 Å². The third kappa shape index (κ3) is 11.4. The fraction of sp³-hybridized carbons (Fsp3) is 0.756. The van der Waals surface area contributed by atoms with Crippen LogP contribution in [0.5, 0.6) is 17.2 Å². The number of ether oxygens (including phenoxy) is 3. The number of allylic oxidation sites excluding steroid dienone is 2. The molecule has 2 rings (SSSR count). The minimum atomic E-state index is -2.43. The number of Topliss-reactive ketones (excluding diaryl/α,β-unsaturated/α-hetero) is 1. The van der Waals surface area contributed by atoms with E-state index in [-0.39, 0.29) is 52.2 Å². The molecule has 8 atom stereocenters. The SMILES string of the molecule is C=C[C@@H](C)CC[C@H]1O[C@@H](c2c(CC(=O)[C@@H](C)C[C@H](C)CC(=C)C)c(OC)c(C)c(OC)c2O[Si](C)(C)C(C)(C)C)[C@H](C)[C@@H](O[Si](C)(C)C(C)(C)C)[C@H]1C. The number of methoxy groups -OCH3 is 2. The summed E-state index contributed by atoms with van der Waals surface area (Å²) >= 11 is 0. The highest BCUT2D eigenvalue weighted by molar-refractivity contribution is 6.75. The van der Waals surface area contributed by atoms with Crippen LogP contribution in [0.1, 0.15) is 132 Å². The van der Waals surface area contributed by atoms with E-state index in [0.717, 1.165) is 47.9 Å². The Labute approximate surface area is 328 Å². The van der Waals surface area contributed by atoms with Crippen LogP contribution in [0.3, 0.4) is 0 Å². The van der Waals surface area contributed by atoms with E-state index in [1.165, 1.54) is 0 Å². The van der Waals surface area contributed by atoms with Crippen molar-refractivity contribution in [3.05, 3.63) is 41.5 Å². The highest BCUT2D eigenvalue weighted by atomic mass is 28.4. The first kappa shape index (κ1) is 47.3. The highest BCUT2D eigenvalue weighted by Crippen LogP contribution is 2.55. The minimum absolute atomic E-state index is 0.0367. The van der Waals surface area contributed by atoms with Gasteiger partial charge in [0.2, 0.25) is 0 Å². The number of hydrogen-bond acceptors (Lipinski definition) is 6. The molecule has 1 fully saturated rings. The molecule has 1 aliphatic rings. The zero-order valence-corrected chi connectivity index (χ0v) is 39.6. The van der Waals surface area contributed by atoms with Crippen LogP contribution >= 0.6 is 0 Å². The molecule has 6 nitrogen and oxygen atoms in total. The molecule has 0 spiro atoms. The summed E-state index contributed by atoms with van der Waals surface area (Å²) in [6, 6.07) is 0. The van der Waals surface area contributed by atoms with Crippen molar-refractivity contribution in [2.45, 2.75) is 177 Å². The predicted octanol–water partition coefficient (Wildman–Crippen LogP) is 12.8. The number of hydrogen-bond donors (Lipinski definition) is 0. The summed E-state index contributed by atoms with van der Waals surface area (Å²) in [5, 5.41) is -0.0487. The number of carbonyl (C=O) groups is 1. The van der Waals surface area contributed by atoms with E-state index in [9.17, 15) is 4.79 Å². The lowest BCUT2D eigenvalue weighted by Gasteiger charge is -2.50. The number of ketones is 1. The average Bonchev–Trinajstić information content (AvgIpc) is 3.01. The maximum atomic E-state index is 14.4. The molecule has 1 aliphatic heterocycles. The molecule has 0 saturated carbocycles. The Balaban J connectivity index is 3.03. The number of benzene rings is 1. The van der Waals surface area contributed by atoms with Crippen LogP contribution in [0.15, 0.2) is 24.8 Å². The molecule has 53 heavy (non-hydrogen) atoms. The quantitative estimate of drug-likeness (QED) is 0.109. The molecule has 8 heteroatoms. The molecule has 1 heterocycles. The fourth-order valence-corrected chi connectivity index (χ4v) is 9.87. The molecule has 0 unspecified atom stereocenters. The van der Waals surface area contributed by atoms with Crippen molar-refractivity contribution in [1.29, 1.82) is 0 Å². The molecule has 1 aromatic carbocycles. The van der Waals surface area contributed by atoms with Gasteiger partial charge in [-0.25, -0.2) is 0 Å². The van der Waals surface area contributed by atoms with E-state index < -0.39 is 22.7 Å². The van der Waals surface area contributed by atoms with Gasteiger partial charge in [-0.15, -0.1) is 13.2 Å². The van der Waals surface area contributed by atoms with Crippen molar-refractivity contribution >= 4 is 22.4 Å². The Morgan fingerprint density at radius 3 is 1.92 bits per heavy atom. The van der Waals surface area contributed by atoms with Gasteiger partial charge in [0.15, 0.2) is 19.8 Å². The first-order valence-electron chi connectivity index (χ1n) is 20.2. The zero-order chi connectivity index (χ0) is 41.0. The summed E-state index contributed by atoms with van der Waals surface area (Å²) in [6.45, 7) is 46.2. The van der Waals surface area contributed by atoms with Gasteiger partial charge in [-0.2, -0.15) is 0 Å². The first-order valence-corrected chi connectivity index (χ1v) is 26.1. The third-order valence-electron chi connectivity index (χ3n) is 12.9. The number of carbonyl (C=O) groups excluding carboxylic acids is 1. The molecule has 0 N–H and O–H groups in total. The Kier molecular flexibility index (Phi) is 16.4. The smallest absolute Gasteiger partial charge is 0.250 e. The normalized spacial score (nSPS) is 23.2. The first-order chi connectivity index (χ1) is 24.1. The standard InChI is InChI=1S/C45H80O6Si2/c1-22-29(4)23-24-37-32(7)39(50-52(18,19)44(10,11)12)33(8)41(49-37)38-35(27-36(46)31(6)26-30(5)25-28(2)3)40(47-16)34(9)42(48-17)43(38)51-53(20,21)45(13,14)15/h22,29-33,37,39,41H,1-2,23-27H2,3-21H3/t29-,30-,31+,32+,33-,37-,39+,41-/m1/s1. The number of rotatable bonds is 18. The van der Waals surface area contributed by atoms with Crippen LogP contribution in [0.2, 0.25) is 36.3 Å². The molecular formula is C45H80O6Si2. The molecule has 0 radical (unpaired) electrons. The molecule has 1 aromatic rings. The van der Waals surface area contributed by atoms with Crippen LogP contribution in [0, 0.1) is 36.5 Å². The molecular weight excluding hydrogens is 693 g/mol. The average molecular weight is 773 g/mol. The summed E-state index contributed by atoms with van der Waals surface area (Å²) in [4.78, 5) is 14.4. The fourth-order valence-electron chi connectivity index (χ4n) is 7.39. The molecule has 304 valence electrons. The van der Waals surface area contributed by atoms with E-state index in [0.29, 0.717) is 29.1 Å². The lowest BCUT2D eigenvalue weighted by molar-refractivity contribution is -0.165. The Bertz CT molecular complexity index is 1420. The third-order valence-corrected chi connectivity index (χ3v) is 21.7. The van der Waals surface area contributed by atoms with Gasteiger partial charge in [0, 0.05) is 40.9 Å². The summed E-state index contributed by atoms with van der Waals surface area (Å²) in [5.74, 6) is 2.89. The zero-order valence-electron chi connectivity index (χ0n) is 37.6. The maximum absolute atomic E-state index is 14.4. The van der Waals surface area contributed by atoms with E-state index in [1.54, 1.807) is 14.2 Å². The van der Waals surface area contributed by atoms with E-state index in [1.807, 2.05) is 13.0 Å². The Morgan fingerprint density at radius 2 is 1.45 bits per heavy atom. The minimum Gasteiger partial charge on any atom is -0.541 e. The van der Waals surface area contributed by atoms with Gasteiger partial charge in [-0.05, 0) is 87.6 Å². The lowest BCUT2D eigenvalue weighted by Crippen LogP contribution is -2.53. The Morgan fingerprint density at radius 1 is 0.906 bits per heavy atom. The van der Waals surface area contributed by atoms with Gasteiger partial charge in [-0.3, -0.25) is 4.79 Å². The molecule has 0 aliphatic carbocycles.